The third kappa shape index (κ3) is 1.18. The molecule has 0 aliphatic rings. The van der Waals surface area contributed by atoms with Gasteiger partial charge in [-0.05, 0) is 37.5 Å². The van der Waals surface area contributed by atoms with E-state index < -0.39 is 0 Å². The molecular weight excluding hydrogens is 127 g/mol. The zero-order valence-electron chi connectivity index (χ0n) is 6.24. The summed E-state index contributed by atoms with van der Waals surface area (Å²) < 4.78 is 12.9. The van der Waals surface area contributed by atoms with Crippen LogP contribution in [0.25, 0.3) is 0 Å². The highest BCUT2D eigenvalue weighted by atomic mass is 19.1. The van der Waals surface area contributed by atoms with Crippen molar-refractivity contribution in [2.24, 2.45) is 0 Å². The Hall–Kier alpha value is -0.850. The van der Waals surface area contributed by atoms with Crippen molar-refractivity contribution in [3.63, 3.8) is 0 Å². The number of halogens is 1. The fourth-order valence-corrected chi connectivity index (χ4v) is 1.04. The molecule has 0 aromatic heterocycles. The van der Waals surface area contributed by atoms with Crippen LogP contribution >= 0.6 is 0 Å². The van der Waals surface area contributed by atoms with Gasteiger partial charge in [0.15, 0.2) is 0 Å². The molecule has 53 valence electrons. The summed E-state index contributed by atoms with van der Waals surface area (Å²) in [6.07, 6.45) is 0. The third-order valence-corrected chi connectivity index (χ3v) is 1.50. The number of rotatable bonds is 0. The third-order valence-electron chi connectivity index (χ3n) is 1.50. The van der Waals surface area contributed by atoms with E-state index in [1.54, 1.807) is 26.0 Å². The van der Waals surface area contributed by atoms with Gasteiger partial charge in [-0.25, -0.2) is 4.39 Å². The van der Waals surface area contributed by atoms with E-state index in [4.69, 9.17) is 0 Å². The molecule has 0 aliphatic heterocycles. The molecule has 0 heterocycles. The van der Waals surface area contributed by atoms with Crippen molar-refractivity contribution in [1.82, 2.24) is 0 Å². The van der Waals surface area contributed by atoms with Crippen LogP contribution in [0.3, 0.4) is 0 Å². The number of hydrogen-bond acceptors (Lipinski definition) is 0. The molecule has 1 heteroatoms. The van der Waals surface area contributed by atoms with Crippen molar-refractivity contribution in [1.29, 1.82) is 0 Å². The summed E-state index contributed by atoms with van der Waals surface area (Å²) in [5, 5.41) is 0. The molecular formula is C9H10F. The Labute approximate surface area is 60.7 Å². The van der Waals surface area contributed by atoms with E-state index >= 15 is 0 Å². The van der Waals surface area contributed by atoms with Gasteiger partial charge in [0.1, 0.15) is 5.82 Å². The Kier molecular flexibility index (Phi) is 1.75. The second-order valence-corrected chi connectivity index (χ2v) is 2.54. The van der Waals surface area contributed by atoms with Crippen LogP contribution in [0.5, 0.6) is 0 Å². The Balaban J connectivity index is 3.31. The second-order valence-electron chi connectivity index (χ2n) is 2.54. The van der Waals surface area contributed by atoms with Gasteiger partial charge < -0.3 is 0 Å². The first-order chi connectivity index (χ1) is 4.61. The smallest absolute Gasteiger partial charge is 0.129 e. The predicted octanol–water partition coefficient (Wildman–Crippen LogP) is 2.62. The molecule has 1 aromatic rings. The largest absolute Gasteiger partial charge is 0.206 e. The molecule has 0 unspecified atom stereocenters. The summed E-state index contributed by atoms with van der Waals surface area (Å²) in [4.78, 5) is 0. The first-order valence-electron chi connectivity index (χ1n) is 3.20. The summed E-state index contributed by atoms with van der Waals surface area (Å²) in [6, 6.07) is 3.48. The van der Waals surface area contributed by atoms with E-state index in [9.17, 15) is 4.39 Å². The average Bonchev–Trinajstić information content (AvgIpc) is 1.82. The minimum Gasteiger partial charge on any atom is -0.206 e. The lowest BCUT2D eigenvalue weighted by atomic mass is 10.1. The van der Waals surface area contributed by atoms with Gasteiger partial charge in [0.25, 0.3) is 0 Å². The van der Waals surface area contributed by atoms with Gasteiger partial charge in [-0.15, -0.1) is 0 Å². The standard InChI is InChI=1S/C9H10F/c1-6-4-7(2)9(10)8(3)5-6/h4-5H,1H2,2-3H3. The van der Waals surface area contributed by atoms with Crippen molar-refractivity contribution in [2.75, 3.05) is 0 Å². The molecule has 0 saturated heterocycles. The van der Waals surface area contributed by atoms with E-state index in [1.165, 1.54) is 0 Å². The number of aryl methyl sites for hydroxylation is 2. The zero-order chi connectivity index (χ0) is 7.72. The average molecular weight is 137 g/mol. The summed E-state index contributed by atoms with van der Waals surface area (Å²) in [6.45, 7) is 7.21. The van der Waals surface area contributed by atoms with Gasteiger partial charge in [-0.1, -0.05) is 12.1 Å². The van der Waals surface area contributed by atoms with Crippen molar-refractivity contribution < 1.29 is 4.39 Å². The molecule has 0 spiro atoms. The lowest BCUT2D eigenvalue weighted by Gasteiger charge is -2.01. The lowest BCUT2D eigenvalue weighted by molar-refractivity contribution is 0.609. The maximum absolute atomic E-state index is 12.9. The molecule has 0 bridgehead atoms. The van der Waals surface area contributed by atoms with E-state index in [0.29, 0.717) is 11.1 Å². The van der Waals surface area contributed by atoms with Gasteiger partial charge in [0.2, 0.25) is 0 Å². The van der Waals surface area contributed by atoms with Gasteiger partial charge in [0, 0.05) is 0 Å². The Morgan fingerprint density at radius 1 is 1.20 bits per heavy atom. The van der Waals surface area contributed by atoms with E-state index in [0.717, 1.165) is 5.56 Å². The maximum atomic E-state index is 12.9. The van der Waals surface area contributed by atoms with Gasteiger partial charge in [-0.2, -0.15) is 0 Å². The SMILES string of the molecule is [CH2]c1cc(C)c(F)c(C)c1. The molecule has 10 heavy (non-hydrogen) atoms. The highest BCUT2D eigenvalue weighted by molar-refractivity contribution is 5.31. The zero-order valence-corrected chi connectivity index (χ0v) is 6.24. The quantitative estimate of drug-likeness (QED) is 0.515. The molecule has 1 aromatic carbocycles. The summed E-state index contributed by atoms with van der Waals surface area (Å²) in [5.41, 5.74) is 2.21. The Morgan fingerprint density at radius 2 is 1.60 bits per heavy atom. The molecule has 1 radical (unpaired) electrons. The minimum atomic E-state index is -0.118. The van der Waals surface area contributed by atoms with Crippen LogP contribution < -0.4 is 0 Å². The van der Waals surface area contributed by atoms with Crippen LogP contribution in [0.4, 0.5) is 4.39 Å². The van der Waals surface area contributed by atoms with Crippen molar-refractivity contribution in [3.8, 4) is 0 Å². The monoisotopic (exact) mass is 137 g/mol. The molecule has 0 atom stereocenters. The molecule has 0 amide bonds. The fourth-order valence-electron chi connectivity index (χ4n) is 1.04. The molecule has 0 fully saturated rings. The molecule has 1 rings (SSSR count). The van der Waals surface area contributed by atoms with Gasteiger partial charge in [0.05, 0.1) is 0 Å². The topological polar surface area (TPSA) is 0 Å². The lowest BCUT2D eigenvalue weighted by Crippen LogP contribution is -1.88. The maximum Gasteiger partial charge on any atom is 0.129 e. The minimum absolute atomic E-state index is 0.118. The molecule has 0 N–H and O–H groups in total. The predicted molar refractivity (Wildman–Crippen MR) is 40.3 cm³/mol. The molecule has 0 aliphatic carbocycles. The van der Waals surface area contributed by atoms with Gasteiger partial charge >= 0.3 is 0 Å². The van der Waals surface area contributed by atoms with Crippen LogP contribution in [0.15, 0.2) is 12.1 Å². The molecule has 0 nitrogen and oxygen atoms in total. The number of hydrogen-bond donors (Lipinski definition) is 0. The van der Waals surface area contributed by atoms with Crippen LogP contribution in [-0.2, 0) is 0 Å². The van der Waals surface area contributed by atoms with Crippen LogP contribution in [0.2, 0.25) is 0 Å². The summed E-state index contributed by atoms with van der Waals surface area (Å²) in [7, 11) is 0. The summed E-state index contributed by atoms with van der Waals surface area (Å²) >= 11 is 0. The fraction of sp³-hybridized carbons (Fsp3) is 0.222. The first-order valence-corrected chi connectivity index (χ1v) is 3.20. The second kappa shape index (κ2) is 2.41. The highest BCUT2D eigenvalue weighted by Gasteiger charge is 2.00. The van der Waals surface area contributed by atoms with E-state index in [-0.39, 0.29) is 5.82 Å². The first kappa shape index (κ1) is 7.26. The van der Waals surface area contributed by atoms with Crippen LogP contribution in [0, 0.1) is 26.6 Å². The van der Waals surface area contributed by atoms with Crippen LogP contribution in [-0.4, -0.2) is 0 Å². The number of benzene rings is 1. The Bertz CT molecular complexity index is 228. The van der Waals surface area contributed by atoms with E-state index in [2.05, 4.69) is 6.92 Å². The van der Waals surface area contributed by atoms with E-state index in [1.807, 2.05) is 0 Å². The molecule has 0 saturated carbocycles. The van der Waals surface area contributed by atoms with Gasteiger partial charge in [-0.3, -0.25) is 0 Å². The normalized spacial score (nSPS) is 10.0. The van der Waals surface area contributed by atoms with Crippen LogP contribution in [0.1, 0.15) is 16.7 Å². The van der Waals surface area contributed by atoms with Crippen molar-refractivity contribution in [3.05, 3.63) is 41.6 Å². The summed E-state index contributed by atoms with van der Waals surface area (Å²) in [5.74, 6) is -0.118. The van der Waals surface area contributed by atoms with Crippen molar-refractivity contribution in [2.45, 2.75) is 13.8 Å². The van der Waals surface area contributed by atoms with Crippen molar-refractivity contribution >= 4 is 0 Å². The Morgan fingerprint density at radius 3 is 2.00 bits per heavy atom. The highest BCUT2D eigenvalue weighted by Crippen LogP contribution is 2.13.